The second-order valence-corrected chi connectivity index (χ2v) is 4.77. The van der Waals surface area contributed by atoms with Crippen molar-refractivity contribution in [2.24, 2.45) is 0 Å². The van der Waals surface area contributed by atoms with E-state index < -0.39 is 23.3 Å². The first kappa shape index (κ1) is 16.5. The molecular weight excluding hydrogens is 269 g/mol. The fraction of sp³-hybridized carbons (Fsp3) is 0.533. The van der Waals surface area contributed by atoms with Gasteiger partial charge in [0.2, 0.25) is 0 Å². The summed E-state index contributed by atoms with van der Waals surface area (Å²) in [4.78, 5) is 11.3. The quantitative estimate of drug-likeness (QED) is 0.757. The molecule has 0 saturated carbocycles. The summed E-state index contributed by atoms with van der Waals surface area (Å²) >= 11 is 0. The van der Waals surface area contributed by atoms with Gasteiger partial charge in [-0.15, -0.1) is 0 Å². The summed E-state index contributed by atoms with van der Waals surface area (Å²) in [7, 11) is 0. The van der Waals surface area contributed by atoms with Gasteiger partial charge in [0.25, 0.3) is 0 Å². The van der Waals surface area contributed by atoms with Gasteiger partial charge in [-0.3, -0.25) is 4.79 Å². The van der Waals surface area contributed by atoms with Crippen molar-refractivity contribution in [1.29, 1.82) is 0 Å². The van der Waals surface area contributed by atoms with E-state index in [-0.39, 0.29) is 5.56 Å². The Kier molecular flexibility index (Phi) is 4.84. The van der Waals surface area contributed by atoms with Crippen LogP contribution in [0.25, 0.3) is 0 Å². The van der Waals surface area contributed by atoms with Gasteiger partial charge in [-0.2, -0.15) is 13.2 Å². The standard InChI is InChI=1S/C15H19F3O2/c1-5-14(6-2,20-11(4)19)12-8-7-9-13(10(12)3)15(16,17)18/h7-9H,5-6H2,1-4H3. The van der Waals surface area contributed by atoms with Crippen LogP contribution in [0.4, 0.5) is 13.2 Å². The van der Waals surface area contributed by atoms with E-state index in [1.165, 1.54) is 19.9 Å². The lowest BCUT2D eigenvalue weighted by Crippen LogP contribution is -2.32. The second-order valence-electron chi connectivity index (χ2n) is 4.77. The molecule has 20 heavy (non-hydrogen) atoms. The Morgan fingerprint density at radius 3 is 2.05 bits per heavy atom. The van der Waals surface area contributed by atoms with Crippen LogP contribution in [-0.4, -0.2) is 5.97 Å². The molecule has 0 aromatic heterocycles. The largest absolute Gasteiger partial charge is 0.454 e. The van der Waals surface area contributed by atoms with E-state index in [2.05, 4.69) is 0 Å². The number of alkyl halides is 3. The summed E-state index contributed by atoms with van der Waals surface area (Å²) in [6.45, 7) is 6.28. The van der Waals surface area contributed by atoms with Crippen LogP contribution < -0.4 is 0 Å². The highest BCUT2D eigenvalue weighted by Gasteiger charge is 2.38. The third-order valence-corrected chi connectivity index (χ3v) is 3.61. The van der Waals surface area contributed by atoms with E-state index in [1.807, 2.05) is 0 Å². The van der Waals surface area contributed by atoms with Crippen molar-refractivity contribution in [1.82, 2.24) is 0 Å². The van der Waals surface area contributed by atoms with Crippen molar-refractivity contribution in [2.45, 2.75) is 52.3 Å². The summed E-state index contributed by atoms with van der Waals surface area (Å²) in [6, 6.07) is 4.00. The molecule has 2 nitrogen and oxygen atoms in total. The smallest absolute Gasteiger partial charge is 0.416 e. The second kappa shape index (κ2) is 5.85. The average molecular weight is 288 g/mol. The molecular formula is C15H19F3O2. The van der Waals surface area contributed by atoms with E-state index in [9.17, 15) is 18.0 Å². The topological polar surface area (TPSA) is 26.3 Å². The molecule has 0 N–H and O–H groups in total. The summed E-state index contributed by atoms with van der Waals surface area (Å²) in [5, 5.41) is 0. The summed E-state index contributed by atoms with van der Waals surface area (Å²) in [6.07, 6.45) is -3.57. The zero-order valence-electron chi connectivity index (χ0n) is 12.1. The Balaban J connectivity index is 3.46. The van der Waals surface area contributed by atoms with Gasteiger partial charge in [0.15, 0.2) is 0 Å². The van der Waals surface area contributed by atoms with Gasteiger partial charge in [0.05, 0.1) is 5.56 Å². The van der Waals surface area contributed by atoms with E-state index >= 15 is 0 Å². The van der Waals surface area contributed by atoms with E-state index in [4.69, 9.17) is 4.74 Å². The molecule has 0 aliphatic carbocycles. The molecule has 1 aromatic carbocycles. The number of hydrogen-bond acceptors (Lipinski definition) is 2. The number of esters is 1. The van der Waals surface area contributed by atoms with Gasteiger partial charge in [-0.05, 0) is 37.0 Å². The fourth-order valence-corrected chi connectivity index (χ4v) is 2.54. The molecule has 1 aromatic rings. The predicted molar refractivity (Wildman–Crippen MR) is 70.2 cm³/mol. The van der Waals surface area contributed by atoms with Crippen LogP contribution in [-0.2, 0) is 21.3 Å². The highest BCUT2D eigenvalue weighted by atomic mass is 19.4. The van der Waals surface area contributed by atoms with Gasteiger partial charge >= 0.3 is 12.1 Å². The minimum Gasteiger partial charge on any atom is -0.454 e. The van der Waals surface area contributed by atoms with Crippen LogP contribution in [0.5, 0.6) is 0 Å². The van der Waals surface area contributed by atoms with Crippen molar-refractivity contribution >= 4 is 5.97 Å². The van der Waals surface area contributed by atoms with Crippen LogP contribution in [0, 0.1) is 6.92 Å². The molecule has 0 fully saturated rings. The predicted octanol–water partition coefficient (Wildman–Crippen LogP) is 4.59. The van der Waals surface area contributed by atoms with Crippen LogP contribution in [0.3, 0.4) is 0 Å². The minimum atomic E-state index is -4.41. The van der Waals surface area contributed by atoms with Gasteiger partial charge < -0.3 is 4.74 Å². The van der Waals surface area contributed by atoms with Crippen molar-refractivity contribution in [3.8, 4) is 0 Å². The lowest BCUT2D eigenvalue weighted by Gasteiger charge is -2.33. The van der Waals surface area contributed by atoms with Crippen LogP contribution in [0.15, 0.2) is 18.2 Å². The lowest BCUT2D eigenvalue weighted by atomic mass is 9.83. The first-order chi connectivity index (χ1) is 9.18. The molecule has 0 amide bonds. The molecule has 0 spiro atoms. The molecule has 0 atom stereocenters. The first-order valence-corrected chi connectivity index (χ1v) is 6.54. The Bertz CT molecular complexity index is 488. The Morgan fingerprint density at radius 1 is 1.15 bits per heavy atom. The van der Waals surface area contributed by atoms with E-state index in [1.54, 1.807) is 19.9 Å². The maximum absolute atomic E-state index is 13.0. The first-order valence-electron chi connectivity index (χ1n) is 6.54. The fourth-order valence-electron chi connectivity index (χ4n) is 2.54. The Morgan fingerprint density at radius 2 is 1.65 bits per heavy atom. The monoisotopic (exact) mass is 288 g/mol. The molecule has 0 radical (unpaired) electrons. The number of rotatable bonds is 4. The summed E-state index contributed by atoms with van der Waals surface area (Å²) < 4.78 is 44.3. The number of carbonyl (C=O) groups is 1. The van der Waals surface area contributed by atoms with Gasteiger partial charge in [-0.25, -0.2) is 0 Å². The number of hydrogen-bond donors (Lipinski definition) is 0. The highest BCUT2D eigenvalue weighted by molar-refractivity contribution is 5.67. The number of benzene rings is 1. The molecule has 0 saturated heterocycles. The lowest BCUT2D eigenvalue weighted by molar-refractivity contribution is -0.159. The molecule has 112 valence electrons. The van der Waals surface area contributed by atoms with Crippen LogP contribution in [0.2, 0.25) is 0 Å². The zero-order valence-corrected chi connectivity index (χ0v) is 12.1. The maximum Gasteiger partial charge on any atom is 0.416 e. The Labute approximate surface area is 116 Å². The number of halogens is 3. The molecule has 0 unspecified atom stereocenters. The number of ether oxygens (including phenoxy) is 1. The van der Waals surface area contributed by atoms with Crippen molar-refractivity contribution < 1.29 is 22.7 Å². The molecule has 0 bridgehead atoms. The third kappa shape index (κ3) is 3.14. The number of carbonyl (C=O) groups excluding carboxylic acids is 1. The third-order valence-electron chi connectivity index (χ3n) is 3.61. The van der Waals surface area contributed by atoms with E-state index in [0.717, 1.165) is 6.07 Å². The minimum absolute atomic E-state index is 0.116. The van der Waals surface area contributed by atoms with Crippen molar-refractivity contribution in [2.75, 3.05) is 0 Å². The highest BCUT2D eigenvalue weighted by Crippen LogP contribution is 2.40. The normalized spacial score (nSPS) is 12.3. The van der Waals surface area contributed by atoms with Crippen LogP contribution in [0.1, 0.15) is 50.3 Å². The summed E-state index contributed by atoms with van der Waals surface area (Å²) in [5.74, 6) is -0.495. The van der Waals surface area contributed by atoms with Gasteiger partial charge in [0, 0.05) is 6.92 Å². The Hall–Kier alpha value is -1.52. The maximum atomic E-state index is 13.0. The summed E-state index contributed by atoms with van der Waals surface area (Å²) in [5.41, 5.74) is -1.15. The van der Waals surface area contributed by atoms with Crippen LogP contribution >= 0.6 is 0 Å². The average Bonchev–Trinajstić information content (AvgIpc) is 2.35. The van der Waals surface area contributed by atoms with Gasteiger partial charge in [0.1, 0.15) is 5.60 Å². The molecule has 0 aliphatic heterocycles. The van der Waals surface area contributed by atoms with E-state index in [0.29, 0.717) is 18.4 Å². The zero-order chi connectivity index (χ0) is 15.6. The molecule has 0 aliphatic rings. The van der Waals surface area contributed by atoms with Crippen molar-refractivity contribution in [3.63, 3.8) is 0 Å². The van der Waals surface area contributed by atoms with Gasteiger partial charge in [-0.1, -0.05) is 26.0 Å². The molecule has 0 heterocycles. The molecule has 5 heteroatoms. The van der Waals surface area contributed by atoms with Crippen molar-refractivity contribution in [3.05, 3.63) is 34.9 Å². The molecule has 1 rings (SSSR count). The SMILES string of the molecule is CCC(CC)(OC(C)=O)c1cccc(C(F)(F)F)c1C.